The number of rotatable bonds is 5. The third-order valence-electron chi connectivity index (χ3n) is 3.61. The molecule has 0 fully saturated rings. The fourth-order valence-electron chi connectivity index (χ4n) is 2.63. The quantitative estimate of drug-likeness (QED) is 0.535. The van der Waals surface area contributed by atoms with Gasteiger partial charge in [-0.15, -0.1) is 0 Å². The lowest BCUT2D eigenvalue weighted by Gasteiger charge is -2.20. The summed E-state index contributed by atoms with van der Waals surface area (Å²) in [7, 11) is 4.78. The maximum atomic E-state index is 13.2. The highest BCUT2D eigenvalue weighted by Crippen LogP contribution is 2.45. The number of imidazole rings is 1. The summed E-state index contributed by atoms with van der Waals surface area (Å²) >= 11 is 2.76. The van der Waals surface area contributed by atoms with E-state index in [4.69, 9.17) is 4.74 Å². The molecule has 0 radical (unpaired) electrons. The summed E-state index contributed by atoms with van der Waals surface area (Å²) in [4.78, 5) is 16.5. The summed E-state index contributed by atoms with van der Waals surface area (Å²) in [6.45, 7) is 1.95. The van der Waals surface area contributed by atoms with Gasteiger partial charge in [-0.3, -0.25) is 14.7 Å². The van der Waals surface area contributed by atoms with E-state index in [2.05, 4.69) is 20.9 Å². The number of nitrogens with zero attached hydrogens (tertiary/aromatic N) is 4. The molecule has 2 aromatic rings. The van der Waals surface area contributed by atoms with Gasteiger partial charge in [-0.1, -0.05) is 0 Å². The van der Waals surface area contributed by atoms with Crippen LogP contribution in [0.1, 0.15) is 18.5 Å². The molecule has 0 bridgehead atoms. The fourth-order valence-corrected chi connectivity index (χ4v) is 3.30. The summed E-state index contributed by atoms with van der Waals surface area (Å²) in [5.41, 5.74) is -1.90. The molecule has 1 aromatic heterocycles. The van der Waals surface area contributed by atoms with Crippen LogP contribution in [0.4, 0.5) is 24.8 Å². The molecule has 0 saturated heterocycles. The highest BCUT2D eigenvalue weighted by molar-refractivity contribution is 9.10. The Morgan fingerprint density at radius 2 is 2.08 bits per heavy atom. The Morgan fingerprint density at radius 3 is 2.52 bits per heavy atom. The zero-order valence-corrected chi connectivity index (χ0v) is 15.5. The minimum atomic E-state index is -4.75. The minimum Gasteiger partial charge on any atom is -0.383 e. The highest BCUT2D eigenvalue weighted by atomic mass is 79.9. The van der Waals surface area contributed by atoms with Crippen LogP contribution in [0.2, 0.25) is 0 Å². The average molecular weight is 425 g/mol. The average Bonchev–Trinajstić information content (AvgIpc) is 2.84. The molecule has 0 amide bonds. The first-order valence-electron chi connectivity index (χ1n) is 7.13. The third-order valence-corrected chi connectivity index (χ3v) is 4.41. The van der Waals surface area contributed by atoms with E-state index in [-0.39, 0.29) is 23.7 Å². The van der Waals surface area contributed by atoms with E-state index < -0.39 is 26.8 Å². The summed E-state index contributed by atoms with van der Waals surface area (Å²) < 4.78 is 45.7. The van der Waals surface area contributed by atoms with Crippen LogP contribution in [-0.4, -0.2) is 42.3 Å². The topological polar surface area (TPSA) is 73.4 Å². The van der Waals surface area contributed by atoms with Crippen molar-refractivity contribution in [3.8, 4) is 0 Å². The number of alkyl halides is 3. The Hall–Kier alpha value is -1.88. The Labute approximate surface area is 149 Å². The lowest BCUT2D eigenvalue weighted by Crippen LogP contribution is -2.20. The fraction of sp³-hybridized carbons (Fsp3) is 0.500. The van der Waals surface area contributed by atoms with Crippen LogP contribution in [0.5, 0.6) is 0 Å². The molecule has 7 nitrogen and oxygen atoms in total. The van der Waals surface area contributed by atoms with E-state index in [1.54, 1.807) is 25.9 Å². The molecule has 1 unspecified atom stereocenters. The Bertz CT molecular complexity index is 820. The first-order chi connectivity index (χ1) is 11.5. The number of benzene rings is 1. The number of halogens is 4. The van der Waals surface area contributed by atoms with Crippen LogP contribution in [0.25, 0.3) is 11.0 Å². The van der Waals surface area contributed by atoms with Crippen LogP contribution in [0.3, 0.4) is 0 Å². The molecule has 1 heterocycles. The minimum absolute atomic E-state index is 0.0122. The Balaban J connectivity index is 2.98. The van der Waals surface area contributed by atoms with Gasteiger partial charge < -0.3 is 9.64 Å². The lowest BCUT2D eigenvalue weighted by molar-refractivity contribution is -0.384. The second-order valence-corrected chi connectivity index (χ2v) is 6.48. The molecular weight excluding hydrogens is 409 g/mol. The van der Waals surface area contributed by atoms with Gasteiger partial charge in [0.2, 0.25) is 5.95 Å². The van der Waals surface area contributed by atoms with Crippen molar-refractivity contribution in [2.24, 2.45) is 0 Å². The van der Waals surface area contributed by atoms with E-state index in [9.17, 15) is 23.3 Å². The van der Waals surface area contributed by atoms with E-state index in [0.717, 1.165) is 6.07 Å². The molecular formula is C14H16BrF3N4O3. The molecule has 0 saturated carbocycles. The normalized spacial score (nSPS) is 13.3. The molecule has 0 N–H and O–H groups in total. The van der Waals surface area contributed by atoms with E-state index >= 15 is 0 Å². The number of aromatic nitrogens is 2. The van der Waals surface area contributed by atoms with Gasteiger partial charge in [-0.2, -0.15) is 13.2 Å². The van der Waals surface area contributed by atoms with Crippen LogP contribution in [0.15, 0.2) is 10.5 Å². The summed E-state index contributed by atoms with van der Waals surface area (Å²) in [6, 6.07) is 0.435. The second-order valence-electron chi connectivity index (χ2n) is 5.69. The summed E-state index contributed by atoms with van der Waals surface area (Å²) in [5.74, 6) is 0.300. The van der Waals surface area contributed by atoms with Crippen molar-refractivity contribution in [3.05, 3.63) is 26.2 Å². The predicted molar refractivity (Wildman–Crippen MR) is 90.0 cm³/mol. The molecule has 1 atom stereocenters. The van der Waals surface area contributed by atoms with Crippen molar-refractivity contribution < 1.29 is 22.8 Å². The van der Waals surface area contributed by atoms with Crippen LogP contribution < -0.4 is 4.90 Å². The number of nitro benzene ring substituents is 1. The zero-order valence-electron chi connectivity index (χ0n) is 13.9. The van der Waals surface area contributed by atoms with Crippen LogP contribution in [0, 0.1) is 10.1 Å². The number of ether oxygens (including phenoxy) is 1. The van der Waals surface area contributed by atoms with Crippen LogP contribution >= 0.6 is 15.9 Å². The molecule has 2 rings (SSSR count). The first-order valence-corrected chi connectivity index (χ1v) is 7.92. The molecule has 25 heavy (non-hydrogen) atoms. The number of nitro groups is 1. The number of hydrogen-bond acceptors (Lipinski definition) is 5. The number of methoxy groups -OCH3 is 1. The highest BCUT2D eigenvalue weighted by Gasteiger charge is 2.39. The summed E-state index contributed by atoms with van der Waals surface area (Å²) in [6.07, 6.45) is -4.75. The van der Waals surface area contributed by atoms with Crippen molar-refractivity contribution in [2.75, 3.05) is 32.7 Å². The van der Waals surface area contributed by atoms with E-state index in [1.165, 1.54) is 11.7 Å². The van der Waals surface area contributed by atoms with E-state index in [0.29, 0.717) is 5.95 Å². The molecule has 0 aliphatic heterocycles. The largest absolute Gasteiger partial charge is 0.417 e. The maximum absolute atomic E-state index is 13.2. The predicted octanol–water partition coefficient (Wildman–Crippen LogP) is 4.00. The molecule has 0 aliphatic rings. The van der Waals surface area contributed by atoms with Gasteiger partial charge in [-0.05, 0) is 28.9 Å². The van der Waals surface area contributed by atoms with Crippen LogP contribution in [-0.2, 0) is 10.9 Å². The van der Waals surface area contributed by atoms with Gasteiger partial charge in [0.1, 0.15) is 4.47 Å². The molecule has 1 aromatic carbocycles. The van der Waals surface area contributed by atoms with Gasteiger partial charge in [-0.25, -0.2) is 4.98 Å². The first kappa shape index (κ1) is 19.4. The third kappa shape index (κ3) is 3.43. The van der Waals surface area contributed by atoms with Crippen molar-refractivity contribution in [3.63, 3.8) is 0 Å². The molecule has 11 heteroatoms. The standard InChI is InChI=1S/C14H16BrF3N4O3/c1-7(6-25-4)21-11-9(19-13(21)20(2)3)5-8(14(16,17)18)10(15)12(11)22(23)24/h5,7H,6H2,1-4H3. The molecule has 0 spiro atoms. The van der Waals surface area contributed by atoms with Gasteiger partial charge in [0.05, 0.1) is 28.7 Å². The second kappa shape index (κ2) is 6.79. The smallest absolute Gasteiger partial charge is 0.383 e. The van der Waals surface area contributed by atoms with Crippen molar-refractivity contribution in [1.29, 1.82) is 0 Å². The Kier molecular flexibility index (Phi) is 5.28. The van der Waals surface area contributed by atoms with Gasteiger partial charge in [0, 0.05) is 21.2 Å². The Morgan fingerprint density at radius 1 is 1.48 bits per heavy atom. The number of hydrogen-bond donors (Lipinski definition) is 0. The number of anilines is 1. The SMILES string of the molecule is COCC(C)n1c(N(C)C)nc2cc(C(F)(F)F)c(Br)c([N+](=O)[O-])c21. The van der Waals surface area contributed by atoms with Crippen molar-refractivity contribution in [1.82, 2.24) is 9.55 Å². The van der Waals surface area contributed by atoms with Crippen molar-refractivity contribution >= 4 is 38.6 Å². The van der Waals surface area contributed by atoms with Gasteiger partial charge in [0.15, 0.2) is 5.52 Å². The van der Waals surface area contributed by atoms with Gasteiger partial charge in [0.25, 0.3) is 0 Å². The lowest BCUT2D eigenvalue weighted by atomic mass is 10.1. The molecule has 0 aliphatic carbocycles. The van der Waals surface area contributed by atoms with Crippen molar-refractivity contribution in [2.45, 2.75) is 19.1 Å². The zero-order chi connectivity index (χ0) is 19.1. The maximum Gasteiger partial charge on any atom is 0.417 e. The molecule has 138 valence electrons. The van der Waals surface area contributed by atoms with Gasteiger partial charge >= 0.3 is 11.9 Å². The monoisotopic (exact) mass is 424 g/mol. The van der Waals surface area contributed by atoms with E-state index in [1.807, 2.05) is 0 Å². The number of fused-ring (bicyclic) bond motifs is 1. The summed E-state index contributed by atoms with van der Waals surface area (Å²) in [5, 5.41) is 11.5.